The van der Waals surface area contributed by atoms with Gasteiger partial charge >= 0.3 is 5.97 Å². The lowest BCUT2D eigenvalue weighted by molar-refractivity contribution is -0.144. The van der Waals surface area contributed by atoms with Crippen molar-refractivity contribution in [3.8, 4) is 11.5 Å². The molecule has 0 heterocycles. The minimum Gasteiger partial charge on any atom is -0.507 e. The molecule has 2 aromatic rings. The number of amides is 1. The lowest BCUT2D eigenvalue weighted by Gasteiger charge is -2.09. The number of nitrogens with zero attached hydrogens (tertiary/aromatic N) is 1. The number of ether oxygens (including phenoxy) is 1. The first kappa shape index (κ1) is 18.7. The van der Waals surface area contributed by atoms with Crippen LogP contribution in [0.2, 0.25) is 0 Å². The summed E-state index contributed by atoms with van der Waals surface area (Å²) in [5.41, 5.74) is 3.35. The molecule has 0 aliphatic carbocycles. The van der Waals surface area contributed by atoms with Gasteiger partial charge in [0.2, 0.25) is 0 Å². The molecule has 0 aliphatic heterocycles. The van der Waals surface area contributed by atoms with E-state index in [1.54, 1.807) is 36.4 Å². The molecule has 0 saturated carbocycles. The number of hydrogen-bond donors (Lipinski definition) is 3. The lowest BCUT2D eigenvalue weighted by Crippen LogP contribution is -2.22. The molecule has 1 unspecified atom stereocenters. The largest absolute Gasteiger partial charge is 0.507 e. The summed E-state index contributed by atoms with van der Waals surface area (Å²) in [6.07, 6.45) is 0.499. The van der Waals surface area contributed by atoms with E-state index in [9.17, 15) is 14.7 Å². The summed E-state index contributed by atoms with van der Waals surface area (Å²) >= 11 is 1.96. The summed E-state index contributed by atoms with van der Waals surface area (Å²) in [5, 5.41) is 22.2. The summed E-state index contributed by atoms with van der Waals surface area (Å²) in [6.45, 7) is 1.44. The van der Waals surface area contributed by atoms with Crippen LogP contribution in [0.15, 0.2) is 47.6 Å². The van der Waals surface area contributed by atoms with Crippen LogP contribution in [0, 0.1) is 3.57 Å². The van der Waals surface area contributed by atoms with Crippen molar-refractivity contribution in [1.29, 1.82) is 0 Å². The molecule has 0 saturated heterocycles. The maximum atomic E-state index is 11.9. The summed E-state index contributed by atoms with van der Waals surface area (Å²) in [7, 11) is 0. The molecule has 2 rings (SSSR count). The number of carboxylic acid groups (broad SMARTS) is 1. The molecular formula is C17H15IN2O5. The van der Waals surface area contributed by atoms with Gasteiger partial charge in [0, 0.05) is 5.56 Å². The molecule has 0 aliphatic rings. The van der Waals surface area contributed by atoms with Gasteiger partial charge in [-0.1, -0.05) is 0 Å². The fourth-order valence-corrected chi connectivity index (χ4v) is 2.11. The van der Waals surface area contributed by atoms with E-state index >= 15 is 0 Å². The van der Waals surface area contributed by atoms with E-state index in [-0.39, 0.29) is 5.75 Å². The van der Waals surface area contributed by atoms with Gasteiger partial charge in [-0.3, -0.25) is 4.79 Å². The van der Waals surface area contributed by atoms with Gasteiger partial charge in [-0.15, -0.1) is 0 Å². The number of aliphatic carboxylic acids is 1. The molecule has 0 fully saturated rings. The molecule has 3 N–H and O–H groups in total. The van der Waals surface area contributed by atoms with E-state index in [1.807, 2.05) is 22.6 Å². The first-order valence-corrected chi connectivity index (χ1v) is 8.26. The quantitative estimate of drug-likeness (QED) is 0.354. The molecule has 25 heavy (non-hydrogen) atoms. The summed E-state index contributed by atoms with van der Waals surface area (Å²) in [4.78, 5) is 22.7. The van der Waals surface area contributed by atoms with Crippen LogP contribution in [-0.4, -0.2) is 34.4 Å². The molecule has 0 radical (unpaired) electrons. The van der Waals surface area contributed by atoms with Gasteiger partial charge in [0.05, 0.1) is 9.78 Å². The van der Waals surface area contributed by atoms with E-state index in [0.29, 0.717) is 20.4 Å². The third-order valence-corrected chi connectivity index (χ3v) is 4.04. The number of phenols is 1. The third-order valence-electron chi connectivity index (χ3n) is 3.13. The fourth-order valence-electron chi connectivity index (χ4n) is 1.77. The number of hydrogen-bond acceptors (Lipinski definition) is 5. The van der Waals surface area contributed by atoms with Crippen molar-refractivity contribution in [2.24, 2.45) is 5.10 Å². The van der Waals surface area contributed by atoms with Crippen LogP contribution < -0.4 is 10.2 Å². The summed E-state index contributed by atoms with van der Waals surface area (Å²) < 4.78 is 5.86. The zero-order valence-corrected chi connectivity index (χ0v) is 15.3. The second-order valence-electron chi connectivity index (χ2n) is 5.03. The van der Waals surface area contributed by atoms with Crippen LogP contribution in [0.1, 0.15) is 22.8 Å². The standard InChI is InChI=1S/C17H15IN2O5/c1-10(17(23)24)25-13-5-2-11(3-6-13)9-19-20-16(22)12-4-7-14(18)15(21)8-12/h2-10,21H,1H3,(H,20,22)(H,23,24). The number of benzene rings is 2. The molecule has 1 amide bonds. The Morgan fingerprint density at radius 3 is 2.52 bits per heavy atom. The van der Waals surface area contributed by atoms with Gasteiger partial charge in [0.1, 0.15) is 11.5 Å². The zero-order valence-electron chi connectivity index (χ0n) is 13.1. The van der Waals surface area contributed by atoms with Crippen molar-refractivity contribution in [3.63, 3.8) is 0 Å². The van der Waals surface area contributed by atoms with Crippen LogP contribution in [0.3, 0.4) is 0 Å². The Kier molecular flexibility index (Phi) is 6.34. The van der Waals surface area contributed by atoms with Crippen molar-refractivity contribution in [3.05, 3.63) is 57.2 Å². The summed E-state index contributed by atoms with van der Waals surface area (Å²) in [5.74, 6) is -1.04. The maximum absolute atomic E-state index is 11.9. The Labute approximate surface area is 157 Å². The second-order valence-corrected chi connectivity index (χ2v) is 6.19. The fraction of sp³-hybridized carbons (Fsp3) is 0.118. The molecule has 0 spiro atoms. The van der Waals surface area contributed by atoms with E-state index < -0.39 is 18.0 Å². The highest BCUT2D eigenvalue weighted by molar-refractivity contribution is 14.1. The molecule has 0 bridgehead atoms. The maximum Gasteiger partial charge on any atom is 0.344 e. The Morgan fingerprint density at radius 1 is 1.24 bits per heavy atom. The average molecular weight is 454 g/mol. The van der Waals surface area contributed by atoms with E-state index in [0.717, 1.165) is 0 Å². The highest BCUT2D eigenvalue weighted by atomic mass is 127. The Hall–Kier alpha value is -2.62. The predicted molar refractivity (Wildman–Crippen MR) is 100 cm³/mol. The van der Waals surface area contributed by atoms with Gasteiger partial charge in [-0.2, -0.15) is 5.10 Å². The molecule has 2 aromatic carbocycles. The first-order valence-electron chi connectivity index (χ1n) is 7.18. The lowest BCUT2D eigenvalue weighted by atomic mass is 10.2. The number of rotatable bonds is 6. The number of carbonyl (C=O) groups is 2. The minimum absolute atomic E-state index is 0.0309. The molecular weight excluding hydrogens is 439 g/mol. The Balaban J connectivity index is 1.94. The van der Waals surface area contributed by atoms with Crippen LogP contribution in [0.4, 0.5) is 0 Å². The van der Waals surface area contributed by atoms with Gasteiger partial charge in [0.25, 0.3) is 5.91 Å². The highest BCUT2D eigenvalue weighted by Crippen LogP contribution is 2.20. The number of aromatic hydroxyl groups is 1. The monoisotopic (exact) mass is 454 g/mol. The van der Waals surface area contributed by atoms with Crippen LogP contribution in [0.25, 0.3) is 0 Å². The number of phenolic OH excluding ortho intramolecular Hbond substituents is 1. The highest BCUT2D eigenvalue weighted by Gasteiger charge is 2.12. The smallest absolute Gasteiger partial charge is 0.344 e. The number of carboxylic acids is 1. The van der Waals surface area contributed by atoms with Crippen LogP contribution >= 0.6 is 22.6 Å². The van der Waals surface area contributed by atoms with Crippen LogP contribution in [-0.2, 0) is 4.79 Å². The predicted octanol–water partition coefficient (Wildman–Crippen LogP) is 2.61. The number of halogens is 1. The normalized spacial score (nSPS) is 11.9. The second kappa shape index (κ2) is 8.47. The molecule has 130 valence electrons. The molecule has 0 aromatic heterocycles. The van der Waals surface area contributed by atoms with Gasteiger partial charge in [0.15, 0.2) is 6.10 Å². The minimum atomic E-state index is -1.05. The van der Waals surface area contributed by atoms with Gasteiger partial charge < -0.3 is 14.9 Å². The van der Waals surface area contributed by atoms with Crippen molar-refractivity contribution >= 4 is 40.7 Å². The first-order chi connectivity index (χ1) is 11.9. The molecule has 8 heteroatoms. The Morgan fingerprint density at radius 2 is 1.92 bits per heavy atom. The van der Waals surface area contributed by atoms with E-state index in [4.69, 9.17) is 9.84 Å². The Bertz CT molecular complexity index is 805. The van der Waals surface area contributed by atoms with Crippen molar-refractivity contribution in [2.75, 3.05) is 0 Å². The molecule has 1 atom stereocenters. The topological polar surface area (TPSA) is 108 Å². The number of hydrazone groups is 1. The van der Waals surface area contributed by atoms with Gasteiger partial charge in [-0.25, -0.2) is 10.2 Å². The van der Waals surface area contributed by atoms with Crippen LogP contribution in [0.5, 0.6) is 11.5 Å². The van der Waals surface area contributed by atoms with Crippen molar-refractivity contribution in [2.45, 2.75) is 13.0 Å². The SMILES string of the molecule is CC(Oc1ccc(C=NNC(=O)c2ccc(I)c(O)c2)cc1)C(=O)O. The number of carbonyl (C=O) groups excluding carboxylic acids is 1. The third kappa shape index (κ3) is 5.45. The summed E-state index contributed by atoms with van der Waals surface area (Å²) in [6, 6.07) is 11.2. The number of nitrogens with one attached hydrogen (secondary N) is 1. The van der Waals surface area contributed by atoms with Gasteiger partial charge in [-0.05, 0) is 77.5 Å². The van der Waals surface area contributed by atoms with E-state index in [2.05, 4.69) is 10.5 Å². The average Bonchev–Trinajstić information content (AvgIpc) is 2.58. The zero-order chi connectivity index (χ0) is 18.4. The molecule has 7 nitrogen and oxygen atoms in total. The van der Waals surface area contributed by atoms with Crippen molar-refractivity contribution in [1.82, 2.24) is 5.43 Å². The van der Waals surface area contributed by atoms with Crippen molar-refractivity contribution < 1.29 is 24.5 Å². The van der Waals surface area contributed by atoms with E-state index in [1.165, 1.54) is 19.2 Å².